The van der Waals surface area contributed by atoms with Crippen molar-refractivity contribution in [1.82, 2.24) is 15.5 Å². The molecule has 1 fully saturated rings. The van der Waals surface area contributed by atoms with Crippen molar-refractivity contribution in [1.29, 1.82) is 0 Å². The summed E-state index contributed by atoms with van der Waals surface area (Å²) in [6.07, 6.45) is 1.26. The number of carbonyl (C=O) groups is 1. The fourth-order valence-corrected chi connectivity index (χ4v) is 2.65. The number of carbonyl (C=O) groups excluding carboxylic acids is 1. The Bertz CT molecular complexity index is 481. The quantitative estimate of drug-likeness (QED) is 0.794. The second-order valence-electron chi connectivity index (χ2n) is 5.91. The number of rotatable bonds is 7. The molecule has 0 radical (unpaired) electrons. The van der Waals surface area contributed by atoms with E-state index < -0.39 is 0 Å². The number of aryl methyl sites for hydroxylation is 1. The van der Waals surface area contributed by atoms with Gasteiger partial charge in [-0.05, 0) is 24.5 Å². The highest BCUT2D eigenvalue weighted by molar-refractivity contribution is 5.85. The Morgan fingerprint density at radius 1 is 1.35 bits per heavy atom. The van der Waals surface area contributed by atoms with E-state index in [4.69, 9.17) is 0 Å². The predicted molar refractivity (Wildman–Crippen MR) is 93.5 cm³/mol. The molecule has 1 unspecified atom stereocenters. The van der Waals surface area contributed by atoms with Crippen LogP contribution in [-0.4, -0.2) is 50.1 Å². The van der Waals surface area contributed by atoms with Crippen LogP contribution >= 0.6 is 12.4 Å². The number of hydrogen-bond acceptors (Lipinski definition) is 3. The topological polar surface area (TPSA) is 44.4 Å². The first-order chi connectivity index (χ1) is 10.7. The largest absolute Gasteiger partial charge is 0.355 e. The lowest BCUT2D eigenvalue weighted by molar-refractivity contribution is -0.124. The summed E-state index contributed by atoms with van der Waals surface area (Å²) in [4.78, 5) is 14.4. The van der Waals surface area contributed by atoms with Crippen molar-refractivity contribution in [3.05, 3.63) is 35.6 Å². The number of benzene rings is 1. The zero-order valence-electron chi connectivity index (χ0n) is 13.7. The highest BCUT2D eigenvalue weighted by atomic mass is 35.5. The summed E-state index contributed by atoms with van der Waals surface area (Å²) in [6, 6.07) is 6.76. The van der Waals surface area contributed by atoms with E-state index in [2.05, 4.69) is 15.5 Å². The van der Waals surface area contributed by atoms with Gasteiger partial charge in [0, 0.05) is 45.2 Å². The lowest BCUT2D eigenvalue weighted by atomic mass is 10.00. The number of hydrogen-bond donors (Lipinski definition) is 2. The van der Waals surface area contributed by atoms with Crippen molar-refractivity contribution in [3.63, 3.8) is 0 Å². The molecule has 130 valence electrons. The number of nitrogens with zero attached hydrogens (tertiary/aromatic N) is 1. The second-order valence-corrected chi connectivity index (χ2v) is 5.91. The fraction of sp³-hybridized carbons (Fsp3) is 0.588. The van der Waals surface area contributed by atoms with Crippen LogP contribution in [0.2, 0.25) is 0 Å². The van der Waals surface area contributed by atoms with E-state index in [1.54, 1.807) is 12.1 Å². The summed E-state index contributed by atoms with van der Waals surface area (Å²) in [7, 11) is 0. The normalized spacial score (nSPS) is 16.4. The molecule has 1 heterocycles. The molecule has 1 aliphatic rings. The van der Waals surface area contributed by atoms with Crippen LogP contribution in [0, 0.1) is 11.7 Å². The number of piperazine rings is 1. The lowest BCUT2D eigenvalue weighted by Gasteiger charge is -2.27. The Kier molecular flexibility index (Phi) is 9.14. The van der Waals surface area contributed by atoms with Gasteiger partial charge in [0.2, 0.25) is 5.91 Å². The molecule has 23 heavy (non-hydrogen) atoms. The fourth-order valence-electron chi connectivity index (χ4n) is 2.65. The van der Waals surface area contributed by atoms with Crippen LogP contribution in [0.1, 0.15) is 18.9 Å². The first-order valence-corrected chi connectivity index (χ1v) is 8.11. The SMILES string of the molecule is CC(CCc1ccccc1F)C(=O)NCCN1CCNCC1.Cl. The van der Waals surface area contributed by atoms with Crippen LogP contribution in [0.5, 0.6) is 0 Å². The van der Waals surface area contributed by atoms with Gasteiger partial charge in [-0.3, -0.25) is 9.69 Å². The van der Waals surface area contributed by atoms with Crippen molar-refractivity contribution in [3.8, 4) is 0 Å². The lowest BCUT2D eigenvalue weighted by Crippen LogP contribution is -2.46. The van der Waals surface area contributed by atoms with E-state index in [1.807, 2.05) is 13.0 Å². The van der Waals surface area contributed by atoms with E-state index in [1.165, 1.54) is 6.07 Å². The van der Waals surface area contributed by atoms with Crippen LogP contribution < -0.4 is 10.6 Å². The van der Waals surface area contributed by atoms with Gasteiger partial charge in [-0.15, -0.1) is 12.4 Å². The third-order valence-electron chi connectivity index (χ3n) is 4.19. The maximum Gasteiger partial charge on any atom is 0.222 e. The third kappa shape index (κ3) is 6.85. The highest BCUT2D eigenvalue weighted by Crippen LogP contribution is 2.13. The minimum atomic E-state index is -0.186. The van der Waals surface area contributed by atoms with Crippen molar-refractivity contribution in [2.75, 3.05) is 39.3 Å². The standard InChI is InChI=1S/C17H26FN3O.ClH/c1-14(6-7-15-4-2-3-5-16(15)18)17(22)20-10-13-21-11-8-19-9-12-21;/h2-5,14,19H,6-13H2,1H3,(H,20,22);1H. The van der Waals surface area contributed by atoms with Gasteiger partial charge in [-0.25, -0.2) is 4.39 Å². The van der Waals surface area contributed by atoms with E-state index in [-0.39, 0.29) is 30.0 Å². The molecule has 1 aromatic rings. The Balaban J connectivity index is 0.00000264. The minimum absolute atomic E-state index is 0. The van der Waals surface area contributed by atoms with E-state index in [9.17, 15) is 9.18 Å². The van der Waals surface area contributed by atoms with Crippen molar-refractivity contribution in [2.24, 2.45) is 5.92 Å². The Hall–Kier alpha value is -1.17. The molecule has 0 aromatic heterocycles. The predicted octanol–water partition coefficient (Wildman–Crippen LogP) is 1.84. The Morgan fingerprint density at radius 3 is 2.74 bits per heavy atom. The molecule has 1 amide bonds. The number of amides is 1. The van der Waals surface area contributed by atoms with Crippen molar-refractivity contribution >= 4 is 18.3 Å². The van der Waals surface area contributed by atoms with Gasteiger partial charge in [0.1, 0.15) is 5.82 Å². The molecule has 0 spiro atoms. The summed E-state index contributed by atoms with van der Waals surface area (Å²) < 4.78 is 13.5. The molecular formula is C17H27ClFN3O. The van der Waals surface area contributed by atoms with Gasteiger partial charge in [0.25, 0.3) is 0 Å². The summed E-state index contributed by atoms with van der Waals surface area (Å²) >= 11 is 0. The average Bonchev–Trinajstić information content (AvgIpc) is 2.54. The molecule has 0 bridgehead atoms. The van der Waals surface area contributed by atoms with Gasteiger partial charge in [0.15, 0.2) is 0 Å². The summed E-state index contributed by atoms with van der Waals surface area (Å²) in [5.74, 6) is -0.220. The number of nitrogens with one attached hydrogen (secondary N) is 2. The smallest absolute Gasteiger partial charge is 0.222 e. The van der Waals surface area contributed by atoms with Gasteiger partial charge in [-0.1, -0.05) is 25.1 Å². The molecule has 2 N–H and O–H groups in total. The molecule has 1 atom stereocenters. The molecule has 0 saturated carbocycles. The highest BCUT2D eigenvalue weighted by Gasteiger charge is 2.14. The van der Waals surface area contributed by atoms with Crippen molar-refractivity contribution < 1.29 is 9.18 Å². The molecule has 4 nitrogen and oxygen atoms in total. The van der Waals surface area contributed by atoms with Gasteiger partial charge in [-0.2, -0.15) is 0 Å². The van der Waals surface area contributed by atoms with Crippen LogP contribution in [0.25, 0.3) is 0 Å². The molecule has 1 saturated heterocycles. The van der Waals surface area contributed by atoms with Crippen molar-refractivity contribution in [2.45, 2.75) is 19.8 Å². The van der Waals surface area contributed by atoms with Crippen LogP contribution in [0.4, 0.5) is 4.39 Å². The third-order valence-corrected chi connectivity index (χ3v) is 4.19. The Labute approximate surface area is 144 Å². The van der Waals surface area contributed by atoms with Gasteiger partial charge < -0.3 is 10.6 Å². The zero-order valence-corrected chi connectivity index (χ0v) is 14.5. The summed E-state index contributed by atoms with van der Waals surface area (Å²) in [5.41, 5.74) is 0.683. The molecule has 1 aromatic carbocycles. The first kappa shape index (κ1) is 19.9. The van der Waals surface area contributed by atoms with E-state index in [0.717, 1.165) is 32.7 Å². The summed E-state index contributed by atoms with van der Waals surface area (Å²) in [6.45, 7) is 7.61. The molecule has 1 aliphatic heterocycles. The minimum Gasteiger partial charge on any atom is -0.355 e. The average molecular weight is 344 g/mol. The maximum atomic E-state index is 13.5. The Morgan fingerprint density at radius 2 is 2.04 bits per heavy atom. The van der Waals surface area contributed by atoms with Gasteiger partial charge in [0.05, 0.1) is 0 Å². The molecular weight excluding hydrogens is 317 g/mol. The van der Waals surface area contributed by atoms with Crippen LogP contribution in [-0.2, 0) is 11.2 Å². The second kappa shape index (κ2) is 10.6. The van der Waals surface area contributed by atoms with Crippen LogP contribution in [0.3, 0.4) is 0 Å². The van der Waals surface area contributed by atoms with E-state index in [0.29, 0.717) is 24.9 Å². The molecule has 0 aliphatic carbocycles. The number of halogens is 2. The van der Waals surface area contributed by atoms with Gasteiger partial charge >= 0.3 is 0 Å². The van der Waals surface area contributed by atoms with Crippen LogP contribution in [0.15, 0.2) is 24.3 Å². The monoisotopic (exact) mass is 343 g/mol. The zero-order chi connectivity index (χ0) is 15.8. The summed E-state index contributed by atoms with van der Waals surface area (Å²) in [5, 5.41) is 6.30. The molecule has 2 rings (SSSR count). The molecule has 6 heteroatoms. The maximum absolute atomic E-state index is 13.5. The first-order valence-electron chi connectivity index (χ1n) is 8.11. The van der Waals surface area contributed by atoms with E-state index >= 15 is 0 Å².